The maximum Gasteiger partial charge on any atom is 0.330 e. The van der Waals surface area contributed by atoms with Crippen LogP contribution < -0.4 is 5.69 Å². The SMILES string of the molecule is Cc1cnc(-c2ccc3c(n2)n(C)c(=O)n3CC(C)(C)C)s1. The third-order valence-corrected chi connectivity index (χ3v) is 4.39. The number of fused-ring (bicyclic) bond motifs is 1. The maximum absolute atomic E-state index is 12.5. The van der Waals surface area contributed by atoms with Crippen LogP contribution in [0.5, 0.6) is 0 Å². The predicted octanol–water partition coefficient (Wildman–Crippen LogP) is 3.21. The molecule has 0 bridgehead atoms. The van der Waals surface area contributed by atoms with E-state index in [9.17, 15) is 4.79 Å². The van der Waals surface area contributed by atoms with Crippen LogP contribution in [0.1, 0.15) is 25.6 Å². The van der Waals surface area contributed by atoms with Gasteiger partial charge in [0.25, 0.3) is 0 Å². The Bertz CT molecular complexity index is 895. The Morgan fingerprint density at radius 1 is 1.27 bits per heavy atom. The lowest BCUT2D eigenvalue weighted by Crippen LogP contribution is -2.27. The zero-order valence-electron chi connectivity index (χ0n) is 13.5. The molecule has 0 aliphatic carbocycles. The first-order valence-corrected chi connectivity index (χ1v) is 8.07. The zero-order chi connectivity index (χ0) is 16.1. The highest BCUT2D eigenvalue weighted by molar-refractivity contribution is 7.14. The van der Waals surface area contributed by atoms with Gasteiger partial charge in [-0.15, -0.1) is 11.3 Å². The van der Waals surface area contributed by atoms with Crippen molar-refractivity contribution in [2.75, 3.05) is 0 Å². The van der Waals surface area contributed by atoms with E-state index in [1.165, 1.54) is 0 Å². The average Bonchev–Trinajstić information content (AvgIpc) is 2.96. The number of aromatic nitrogens is 4. The molecule has 3 rings (SSSR count). The van der Waals surface area contributed by atoms with E-state index in [-0.39, 0.29) is 11.1 Å². The first-order valence-electron chi connectivity index (χ1n) is 7.25. The van der Waals surface area contributed by atoms with E-state index in [0.717, 1.165) is 21.1 Å². The number of thiazole rings is 1. The lowest BCUT2D eigenvalue weighted by molar-refractivity contribution is 0.342. The van der Waals surface area contributed by atoms with Crippen LogP contribution in [-0.4, -0.2) is 19.1 Å². The zero-order valence-corrected chi connectivity index (χ0v) is 14.4. The van der Waals surface area contributed by atoms with Gasteiger partial charge in [-0.2, -0.15) is 0 Å². The van der Waals surface area contributed by atoms with E-state index in [1.54, 1.807) is 27.5 Å². The summed E-state index contributed by atoms with van der Waals surface area (Å²) in [5.41, 5.74) is 2.40. The topological polar surface area (TPSA) is 52.7 Å². The number of hydrogen-bond acceptors (Lipinski definition) is 4. The Labute approximate surface area is 133 Å². The quantitative estimate of drug-likeness (QED) is 0.729. The van der Waals surface area contributed by atoms with Crippen LogP contribution in [0.2, 0.25) is 0 Å². The summed E-state index contributed by atoms with van der Waals surface area (Å²) in [5, 5.41) is 0.885. The molecule has 0 saturated carbocycles. The molecule has 0 N–H and O–H groups in total. The Kier molecular flexibility index (Phi) is 3.44. The molecule has 3 aromatic heterocycles. The van der Waals surface area contributed by atoms with Gasteiger partial charge in [0.05, 0.1) is 5.52 Å². The highest BCUT2D eigenvalue weighted by Gasteiger charge is 2.19. The van der Waals surface area contributed by atoms with E-state index in [0.29, 0.717) is 12.2 Å². The molecule has 0 radical (unpaired) electrons. The molecule has 0 saturated heterocycles. The molecular formula is C16H20N4OS. The molecule has 0 unspecified atom stereocenters. The second-order valence-corrected chi connectivity index (χ2v) is 8.04. The van der Waals surface area contributed by atoms with Crippen molar-refractivity contribution in [1.82, 2.24) is 19.1 Å². The molecule has 3 aromatic rings. The van der Waals surface area contributed by atoms with E-state index in [4.69, 9.17) is 0 Å². The van der Waals surface area contributed by atoms with Gasteiger partial charge in [-0.1, -0.05) is 20.8 Å². The number of hydrogen-bond donors (Lipinski definition) is 0. The summed E-state index contributed by atoms with van der Waals surface area (Å²) < 4.78 is 3.42. The fourth-order valence-electron chi connectivity index (χ4n) is 2.49. The molecule has 6 heteroatoms. The smallest absolute Gasteiger partial charge is 0.290 e. The summed E-state index contributed by atoms with van der Waals surface area (Å²) in [4.78, 5) is 22.7. The second kappa shape index (κ2) is 5.05. The molecule has 0 aliphatic heterocycles. The van der Waals surface area contributed by atoms with Crippen LogP contribution >= 0.6 is 11.3 Å². The fourth-order valence-corrected chi connectivity index (χ4v) is 3.23. The standard InChI is InChI=1S/C16H20N4OS/c1-10-8-17-14(22-10)11-6-7-12-13(18-11)19(5)15(21)20(12)9-16(2,3)4/h6-8H,9H2,1-5H3. The highest BCUT2D eigenvalue weighted by atomic mass is 32.1. The number of imidazole rings is 1. The van der Waals surface area contributed by atoms with Crippen LogP contribution in [-0.2, 0) is 13.6 Å². The summed E-state index contributed by atoms with van der Waals surface area (Å²) in [5.74, 6) is 0. The summed E-state index contributed by atoms with van der Waals surface area (Å²) in [7, 11) is 1.77. The van der Waals surface area contributed by atoms with Crippen molar-refractivity contribution in [1.29, 1.82) is 0 Å². The van der Waals surface area contributed by atoms with Crippen molar-refractivity contribution in [3.63, 3.8) is 0 Å². The van der Waals surface area contributed by atoms with Crippen molar-refractivity contribution in [3.8, 4) is 10.7 Å². The van der Waals surface area contributed by atoms with Crippen LogP contribution in [0, 0.1) is 12.3 Å². The van der Waals surface area contributed by atoms with Gasteiger partial charge in [0, 0.05) is 24.7 Å². The minimum Gasteiger partial charge on any atom is -0.290 e. The number of pyridine rings is 1. The van der Waals surface area contributed by atoms with Crippen LogP contribution in [0.4, 0.5) is 0 Å². The van der Waals surface area contributed by atoms with E-state index < -0.39 is 0 Å². The van der Waals surface area contributed by atoms with E-state index in [2.05, 4.69) is 30.7 Å². The van der Waals surface area contributed by atoms with Gasteiger partial charge in [0.15, 0.2) is 5.65 Å². The van der Waals surface area contributed by atoms with Gasteiger partial charge in [-0.25, -0.2) is 14.8 Å². The molecule has 22 heavy (non-hydrogen) atoms. The Balaban J connectivity index is 2.18. The molecular weight excluding hydrogens is 296 g/mol. The van der Waals surface area contributed by atoms with E-state index in [1.807, 2.05) is 25.3 Å². The lowest BCUT2D eigenvalue weighted by atomic mass is 9.97. The van der Waals surface area contributed by atoms with Crippen molar-refractivity contribution >= 4 is 22.5 Å². The summed E-state index contributed by atoms with van der Waals surface area (Å²) in [6.07, 6.45) is 1.84. The van der Waals surface area contributed by atoms with Gasteiger partial charge in [0.1, 0.15) is 10.7 Å². The lowest BCUT2D eigenvalue weighted by Gasteiger charge is -2.18. The van der Waals surface area contributed by atoms with Gasteiger partial charge in [-0.3, -0.25) is 9.13 Å². The molecule has 0 spiro atoms. The predicted molar refractivity (Wildman–Crippen MR) is 90.3 cm³/mol. The first-order chi connectivity index (χ1) is 10.3. The summed E-state index contributed by atoms with van der Waals surface area (Å²) in [6, 6.07) is 3.92. The highest BCUT2D eigenvalue weighted by Crippen LogP contribution is 2.25. The maximum atomic E-state index is 12.5. The second-order valence-electron chi connectivity index (χ2n) is 6.80. The molecule has 116 valence electrons. The molecule has 0 aromatic carbocycles. The third kappa shape index (κ3) is 2.59. The number of rotatable bonds is 2. The molecule has 0 fully saturated rings. The van der Waals surface area contributed by atoms with Crippen LogP contribution in [0.3, 0.4) is 0 Å². The largest absolute Gasteiger partial charge is 0.330 e. The van der Waals surface area contributed by atoms with Crippen LogP contribution in [0.25, 0.3) is 21.9 Å². The first kappa shape index (κ1) is 15.0. The van der Waals surface area contributed by atoms with Gasteiger partial charge < -0.3 is 0 Å². The normalized spacial score (nSPS) is 12.2. The van der Waals surface area contributed by atoms with Gasteiger partial charge in [0.2, 0.25) is 0 Å². The molecule has 0 aliphatic rings. The van der Waals surface area contributed by atoms with Crippen molar-refractivity contribution < 1.29 is 0 Å². The summed E-state index contributed by atoms with van der Waals surface area (Å²) in [6.45, 7) is 9.06. The minimum atomic E-state index is -0.0232. The Hall–Kier alpha value is -1.95. The van der Waals surface area contributed by atoms with Gasteiger partial charge in [-0.05, 0) is 24.5 Å². The Morgan fingerprint density at radius 3 is 2.59 bits per heavy atom. The minimum absolute atomic E-state index is 0.0232. The van der Waals surface area contributed by atoms with Crippen LogP contribution in [0.15, 0.2) is 23.1 Å². The van der Waals surface area contributed by atoms with Gasteiger partial charge >= 0.3 is 5.69 Å². The number of nitrogens with zero attached hydrogens (tertiary/aromatic N) is 4. The molecule has 0 atom stereocenters. The molecule has 0 amide bonds. The van der Waals surface area contributed by atoms with Crippen molar-refractivity contribution in [2.45, 2.75) is 34.2 Å². The fraction of sp³-hybridized carbons (Fsp3) is 0.438. The van der Waals surface area contributed by atoms with E-state index >= 15 is 0 Å². The monoisotopic (exact) mass is 316 g/mol. The average molecular weight is 316 g/mol. The van der Waals surface area contributed by atoms with Crippen molar-refractivity contribution in [2.24, 2.45) is 12.5 Å². The molecule has 5 nitrogen and oxygen atoms in total. The van der Waals surface area contributed by atoms with Crippen molar-refractivity contribution in [3.05, 3.63) is 33.7 Å². The third-order valence-electron chi connectivity index (χ3n) is 3.45. The summed E-state index contributed by atoms with van der Waals surface area (Å²) >= 11 is 1.61. The number of aryl methyl sites for hydroxylation is 2. The molecule has 3 heterocycles. The Morgan fingerprint density at radius 2 is 2.00 bits per heavy atom.